The fourth-order valence-electron chi connectivity index (χ4n) is 6.98. The summed E-state index contributed by atoms with van der Waals surface area (Å²) in [5.74, 6) is 0.326. The topological polar surface area (TPSA) is 93.9 Å². The molecule has 3 aromatic carbocycles. The molecular weight excluding hydrogens is 722 g/mol. The third-order valence-corrected chi connectivity index (χ3v) is 10.7. The van der Waals surface area contributed by atoms with Gasteiger partial charge in [-0.3, -0.25) is 9.98 Å². The van der Waals surface area contributed by atoms with Gasteiger partial charge in [-0.15, -0.1) is 5.75 Å². The average Bonchev–Trinajstić information content (AvgIpc) is 3.01. The van der Waals surface area contributed by atoms with Crippen LogP contribution in [0.25, 0.3) is 0 Å². The third-order valence-electron chi connectivity index (χ3n) is 10.7. The Morgan fingerprint density at radius 2 is 0.750 bits per heavy atom. The van der Waals surface area contributed by atoms with Crippen LogP contribution in [0.3, 0.4) is 0 Å². The molecule has 0 amide bonds. The molecule has 2 atom stereocenters. The minimum absolute atomic E-state index is 0. The predicted molar refractivity (Wildman–Crippen MR) is 231 cm³/mol. The van der Waals surface area contributed by atoms with Crippen molar-refractivity contribution in [3.8, 4) is 17.2 Å². The summed E-state index contributed by atoms with van der Waals surface area (Å²) in [6, 6.07) is 14.0. The number of hydrogen-bond acceptors (Lipinski definition) is 5. The van der Waals surface area contributed by atoms with Gasteiger partial charge in [0, 0.05) is 12.4 Å². The molecule has 1 aliphatic rings. The van der Waals surface area contributed by atoms with Gasteiger partial charge in [0.1, 0.15) is 0 Å². The summed E-state index contributed by atoms with van der Waals surface area (Å²) >= 11 is 0. The zero-order valence-corrected chi connectivity index (χ0v) is 40.2. The summed E-state index contributed by atoms with van der Waals surface area (Å²) in [6.07, 6.45) is 7.63. The monoisotopic (exact) mass is 795 g/mol. The van der Waals surface area contributed by atoms with E-state index in [-0.39, 0.29) is 87.7 Å². The maximum Gasteiger partial charge on any atom is 3.00 e. The first kappa shape index (κ1) is 49.4. The zero-order valence-electron chi connectivity index (χ0n) is 38.4. The molecule has 0 aliphatic heterocycles. The van der Waals surface area contributed by atoms with Gasteiger partial charge in [-0.2, -0.15) is 0 Å². The summed E-state index contributed by atoms with van der Waals surface area (Å²) in [7, 11) is 0. The Balaban J connectivity index is 0.000000568. The minimum Gasteiger partial charge on any atom is -0.872 e. The Bertz CT molecular complexity index is 1710. The summed E-state index contributed by atoms with van der Waals surface area (Å²) in [5, 5.41) is 39.2. The first-order chi connectivity index (χ1) is 24.8. The molecule has 1 saturated carbocycles. The molecule has 0 heterocycles. The van der Waals surface area contributed by atoms with E-state index in [0.717, 1.165) is 59.1 Å². The number of benzene rings is 3. The van der Waals surface area contributed by atoms with E-state index in [1.807, 2.05) is 30.3 Å². The van der Waals surface area contributed by atoms with Crippen LogP contribution in [-0.4, -0.2) is 24.5 Å². The normalized spacial score (nSPS) is 17.5. The maximum absolute atomic E-state index is 13.5. The largest absolute Gasteiger partial charge is 3.00 e. The van der Waals surface area contributed by atoms with Crippen molar-refractivity contribution in [3.63, 3.8) is 0 Å². The predicted octanol–water partition coefficient (Wildman–Crippen LogP) is 11.2. The Morgan fingerprint density at radius 3 is 1.02 bits per heavy atom. The molecule has 0 bridgehead atoms. The molecular formula is C50H73N2O3Sc. The van der Waals surface area contributed by atoms with Crippen molar-refractivity contribution >= 4 is 12.4 Å². The molecule has 1 aliphatic carbocycles. The SMILES string of the molecule is CC(C)(C)c1cc(C=N[C@@H]2CCCC[C@H]2N=Cc2cc(C(C)(C)C)cc(C(C)(C)C)c2[O-])c([O-])c(C(C)(C)C)c1.CC(C)(C)c1cccc(C(C)(C)C)c1[O-].[Sc+3]. The Hall–Kier alpha value is -2.73. The van der Waals surface area contributed by atoms with Crippen molar-refractivity contribution in [2.45, 2.75) is 195 Å². The van der Waals surface area contributed by atoms with Crippen LogP contribution < -0.4 is 15.3 Å². The summed E-state index contributed by atoms with van der Waals surface area (Å²) in [5.41, 5.74) is 6.30. The van der Waals surface area contributed by atoms with E-state index in [2.05, 4.69) is 137 Å². The number of para-hydroxylation sites is 1. The van der Waals surface area contributed by atoms with E-state index in [1.54, 1.807) is 12.4 Å². The van der Waals surface area contributed by atoms with Crippen molar-refractivity contribution in [2.75, 3.05) is 0 Å². The molecule has 6 heteroatoms. The molecule has 0 N–H and O–H groups in total. The smallest absolute Gasteiger partial charge is 0.872 e. The molecule has 4 rings (SSSR count). The number of aliphatic imine (C=N–C) groups is 2. The van der Waals surface area contributed by atoms with E-state index in [4.69, 9.17) is 9.98 Å². The summed E-state index contributed by atoms with van der Waals surface area (Å²) in [6.45, 7) is 38.1. The van der Waals surface area contributed by atoms with Gasteiger partial charge in [0.25, 0.3) is 0 Å². The molecule has 5 nitrogen and oxygen atoms in total. The number of rotatable bonds is 4. The second-order valence-electron chi connectivity index (χ2n) is 22.0. The van der Waals surface area contributed by atoms with Crippen LogP contribution in [0, 0.1) is 0 Å². The van der Waals surface area contributed by atoms with Gasteiger partial charge in [0.05, 0.1) is 12.1 Å². The third kappa shape index (κ3) is 12.9. The van der Waals surface area contributed by atoms with Crippen LogP contribution in [0.2, 0.25) is 0 Å². The van der Waals surface area contributed by atoms with E-state index in [1.165, 1.54) is 0 Å². The van der Waals surface area contributed by atoms with Crippen LogP contribution in [0.15, 0.2) is 52.4 Å². The second-order valence-corrected chi connectivity index (χ2v) is 22.0. The Morgan fingerprint density at radius 1 is 0.446 bits per heavy atom. The molecule has 0 saturated heterocycles. The average molecular weight is 795 g/mol. The van der Waals surface area contributed by atoms with Gasteiger partial charge in [-0.25, -0.2) is 0 Å². The van der Waals surface area contributed by atoms with Crippen LogP contribution in [0.5, 0.6) is 17.2 Å². The number of hydrogen-bond donors (Lipinski definition) is 0. The van der Waals surface area contributed by atoms with Crippen molar-refractivity contribution in [3.05, 3.63) is 87.0 Å². The van der Waals surface area contributed by atoms with Crippen molar-refractivity contribution in [2.24, 2.45) is 9.98 Å². The molecule has 0 unspecified atom stereocenters. The van der Waals surface area contributed by atoms with Crippen LogP contribution in [0.1, 0.15) is 195 Å². The van der Waals surface area contributed by atoms with E-state index < -0.39 is 0 Å². The van der Waals surface area contributed by atoms with Crippen molar-refractivity contribution < 1.29 is 41.2 Å². The number of nitrogens with zero attached hydrogens (tertiary/aromatic N) is 2. The molecule has 3 aromatic rings. The molecule has 1 fully saturated rings. The van der Waals surface area contributed by atoms with Crippen LogP contribution in [0.4, 0.5) is 0 Å². The van der Waals surface area contributed by atoms with Crippen LogP contribution >= 0.6 is 0 Å². The molecule has 304 valence electrons. The standard InChI is InChI=1S/C36H54N2O2.C14H22O.Sc/c1-33(2,3)25-17-23(31(39)27(19-25)35(7,8)9)21-37-29-15-13-14-16-30(29)38-22-24-18-26(34(4,5)6)20-28(32(24)40)36(10,11)12;1-13(2,3)10-8-7-9-11(12(10)15)14(4,5)6;/h17-22,29-30,39-40H,13-16H2,1-12H3;7-9,15H,1-6H3;/q;;+3/p-3/t29-,30-;;/m1../s1. The van der Waals surface area contributed by atoms with E-state index in [0.29, 0.717) is 11.1 Å². The molecule has 0 aromatic heterocycles. The van der Waals surface area contributed by atoms with Gasteiger partial charge < -0.3 is 15.3 Å². The zero-order chi connectivity index (χ0) is 42.1. The molecule has 0 radical (unpaired) electrons. The second kappa shape index (κ2) is 18.0. The molecule has 56 heavy (non-hydrogen) atoms. The Kier molecular flexibility index (Phi) is 15.9. The van der Waals surface area contributed by atoms with E-state index in [9.17, 15) is 15.3 Å². The quantitative estimate of drug-likeness (QED) is 0.246. The van der Waals surface area contributed by atoms with Gasteiger partial charge in [-0.1, -0.05) is 203 Å². The maximum atomic E-state index is 13.5. The van der Waals surface area contributed by atoms with Crippen LogP contribution in [-0.2, 0) is 58.3 Å². The summed E-state index contributed by atoms with van der Waals surface area (Å²) in [4.78, 5) is 9.95. The summed E-state index contributed by atoms with van der Waals surface area (Å²) < 4.78 is 0. The van der Waals surface area contributed by atoms with E-state index >= 15 is 0 Å². The fraction of sp³-hybridized carbons (Fsp3) is 0.600. The minimum atomic E-state index is -0.248. The van der Waals surface area contributed by atoms with Gasteiger partial charge in [-0.05, 0) is 78.7 Å². The molecule has 0 spiro atoms. The first-order valence-electron chi connectivity index (χ1n) is 20.4. The van der Waals surface area contributed by atoms with Crippen molar-refractivity contribution in [1.82, 2.24) is 0 Å². The van der Waals surface area contributed by atoms with Gasteiger partial charge >= 0.3 is 25.8 Å². The van der Waals surface area contributed by atoms with Gasteiger partial charge in [0.2, 0.25) is 0 Å². The first-order valence-corrected chi connectivity index (χ1v) is 20.4. The van der Waals surface area contributed by atoms with Crippen molar-refractivity contribution in [1.29, 1.82) is 0 Å². The Labute approximate surface area is 360 Å². The van der Waals surface area contributed by atoms with Gasteiger partial charge in [0.15, 0.2) is 0 Å². The fourth-order valence-corrected chi connectivity index (χ4v) is 6.98.